The summed E-state index contributed by atoms with van der Waals surface area (Å²) < 4.78 is 0. The van der Waals surface area contributed by atoms with Gasteiger partial charge in [-0.15, -0.1) is 0 Å². The summed E-state index contributed by atoms with van der Waals surface area (Å²) in [6, 6.07) is -1.06. The predicted molar refractivity (Wildman–Crippen MR) is 44.0 cm³/mol. The molecule has 0 bridgehead atoms. The number of nitrogens with one attached hydrogen (secondary N) is 1. The van der Waals surface area contributed by atoms with Crippen LogP contribution in [0.2, 0.25) is 0 Å². The Balaban J connectivity index is 2.50. The van der Waals surface area contributed by atoms with E-state index in [0.29, 0.717) is 0 Å². The maximum atomic E-state index is 10.4. The molecule has 78 valence electrons. The molecule has 7 nitrogen and oxygen atoms in total. The normalized spacial score (nSPS) is 22.4. The van der Waals surface area contributed by atoms with Gasteiger partial charge in [0, 0.05) is 6.42 Å². The maximum absolute atomic E-state index is 10.4. The Morgan fingerprint density at radius 1 is 1.64 bits per heavy atom. The highest BCUT2D eigenvalue weighted by molar-refractivity contribution is 5.86. The highest BCUT2D eigenvalue weighted by Crippen LogP contribution is 2.11. The zero-order valence-electron chi connectivity index (χ0n) is 7.14. The average Bonchev–Trinajstić information content (AvgIpc) is 2.52. The molecule has 0 radical (unpaired) electrons. The standard InChI is InChI=1S/C7H10N2O5/c8-4(6(10)11)1-3-2-5(7(12)13)9-14-3/h2-4,9H,1,8H2,(H,10,11)(H,12,13). The first kappa shape index (κ1) is 10.5. The summed E-state index contributed by atoms with van der Waals surface area (Å²) in [5.74, 6) is -2.30. The third-order valence-electron chi connectivity index (χ3n) is 1.71. The minimum atomic E-state index is -1.16. The van der Waals surface area contributed by atoms with Crippen molar-refractivity contribution in [3.63, 3.8) is 0 Å². The molecular weight excluding hydrogens is 192 g/mol. The van der Waals surface area contributed by atoms with Crippen LogP contribution in [0.4, 0.5) is 0 Å². The number of carboxylic acids is 2. The van der Waals surface area contributed by atoms with Gasteiger partial charge in [0.25, 0.3) is 0 Å². The fraction of sp³-hybridized carbons (Fsp3) is 0.429. The van der Waals surface area contributed by atoms with Crippen molar-refractivity contribution in [1.82, 2.24) is 5.48 Å². The second-order valence-electron chi connectivity index (χ2n) is 2.82. The number of carboxylic acid groups (broad SMARTS) is 2. The molecule has 0 saturated heterocycles. The highest BCUT2D eigenvalue weighted by Gasteiger charge is 2.25. The zero-order valence-corrected chi connectivity index (χ0v) is 7.14. The van der Waals surface area contributed by atoms with E-state index in [1.54, 1.807) is 0 Å². The molecule has 0 aromatic carbocycles. The third-order valence-corrected chi connectivity index (χ3v) is 1.71. The summed E-state index contributed by atoms with van der Waals surface area (Å²) in [5, 5.41) is 17.0. The summed E-state index contributed by atoms with van der Waals surface area (Å²) in [5.41, 5.74) is 7.29. The Morgan fingerprint density at radius 2 is 2.29 bits per heavy atom. The van der Waals surface area contributed by atoms with Crippen molar-refractivity contribution >= 4 is 11.9 Å². The van der Waals surface area contributed by atoms with Crippen LogP contribution in [0.1, 0.15) is 6.42 Å². The number of carbonyl (C=O) groups is 2. The van der Waals surface area contributed by atoms with Crippen LogP contribution in [0, 0.1) is 0 Å². The topological polar surface area (TPSA) is 122 Å². The quantitative estimate of drug-likeness (QED) is 0.445. The zero-order chi connectivity index (χ0) is 10.7. The predicted octanol–water partition coefficient (Wildman–Crippen LogP) is -1.34. The fourth-order valence-corrected chi connectivity index (χ4v) is 0.975. The molecule has 5 N–H and O–H groups in total. The molecule has 0 saturated carbocycles. The van der Waals surface area contributed by atoms with Crippen molar-refractivity contribution in [2.75, 3.05) is 0 Å². The minimum absolute atomic E-state index is 0.0269. The lowest BCUT2D eigenvalue weighted by Gasteiger charge is -2.09. The number of hydroxylamine groups is 1. The molecule has 1 aliphatic heterocycles. The van der Waals surface area contributed by atoms with Gasteiger partial charge in [0.1, 0.15) is 17.8 Å². The Bertz CT molecular complexity index is 288. The molecule has 2 unspecified atom stereocenters. The number of hydrogen-bond acceptors (Lipinski definition) is 5. The molecule has 1 heterocycles. The van der Waals surface area contributed by atoms with Crippen LogP contribution in [0.5, 0.6) is 0 Å². The van der Waals surface area contributed by atoms with E-state index >= 15 is 0 Å². The Labute approximate surface area is 79.1 Å². The van der Waals surface area contributed by atoms with E-state index in [-0.39, 0.29) is 12.1 Å². The Kier molecular flexibility index (Phi) is 3.05. The molecule has 0 aliphatic carbocycles. The molecule has 7 heteroatoms. The lowest BCUT2D eigenvalue weighted by molar-refractivity contribution is -0.140. The smallest absolute Gasteiger partial charge is 0.354 e. The summed E-state index contributed by atoms with van der Waals surface area (Å²) in [6.07, 6.45) is 0.691. The summed E-state index contributed by atoms with van der Waals surface area (Å²) >= 11 is 0. The number of aliphatic carboxylic acids is 2. The lowest BCUT2D eigenvalue weighted by atomic mass is 10.1. The van der Waals surface area contributed by atoms with Crippen molar-refractivity contribution in [3.05, 3.63) is 11.8 Å². The molecule has 0 amide bonds. The van der Waals surface area contributed by atoms with Crippen molar-refractivity contribution in [1.29, 1.82) is 0 Å². The van der Waals surface area contributed by atoms with Crippen molar-refractivity contribution in [2.24, 2.45) is 5.73 Å². The van der Waals surface area contributed by atoms with Crippen molar-refractivity contribution in [3.8, 4) is 0 Å². The monoisotopic (exact) mass is 202 g/mol. The van der Waals surface area contributed by atoms with Gasteiger partial charge in [0.2, 0.25) is 0 Å². The van der Waals surface area contributed by atoms with E-state index in [1.807, 2.05) is 0 Å². The second-order valence-corrected chi connectivity index (χ2v) is 2.82. The Hall–Kier alpha value is -1.60. The highest BCUT2D eigenvalue weighted by atomic mass is 16.7. The second kappa shape index (κ2) is 4.07. The van der Waals surface area contributed by atoms with Crippen LogP contribution >= 0.6 is 0 Å². The summed E-state index contributed by atoms with van der Waals surface area (Å²) in [7, 11) is 0. The first-order chi connectivity index (χ1) is 6.50. The molecule has 0 spiro atoms. The van der Waals surface area contributed by atoms with Gasteiger partial charge < -0.3 is 15.9 Å². The molecular formula is C7H10N2O5. The van der Waals surface area contributed by atoms with Crippen LogP contribution in [-0.4, -0.2) is 34.3 Å². The van der Waals surface area contributed by atoms with E-state index in [1.165, 1.54) is 6.08 Å². The molecule has 2 atom stereocenters. The fourth-order valence-electron chi connectivity index (χ4n) is 0.975. The maximum Gasteiger partial charge on any atom is 0.354 e. The van der Waals surface area contributed by atoms with Crippen molar-refractivity contribution < 1.29 is 24.6 Å². The van der Waals surface area contributed by atoms with Gasteiger partial charge in [0.05, 0.1) is 0 Å². The van der Waals surface area contributed by atoms with Gasteiger partial charge in [-0.2, -0.15) is 0 Å². The molecule has 1 rings (SSSR count). The first-order valence-corrected chi connectivity index (χ1v) is 3.86. The largest absolute Gasteiger partial charge is 0.480 e. The third kappa shape index (κ3) is 2.44. The van der Waals surface area contributed by atoms with Gasteiger partial charge in [-0.3, -0.25) is 15.1 Å². The van der Waals surface area contributed by atoms with Gasteiger partial charge in [-0.05, 0) is 6.08 Å². The van der Waals surface area contributed by atoms with Crippen LogP contribution in [-0.2, 0) is 14.4 Å². The van der Waals surface area contributed by atoms with Gasteiger partial charge in [-0.1, -0.05) is 0 Å². The SMILES string of the molecule is NC(CC1C=C(C(=O)O)NO1)C(=O)O. The lowest BCUT2D eigenvalue weighted by Crippen LogP contribution is -2.34. The van der Waals surface area contributed by atoms with Crippen LogP contribution < -0.4 is 11.2 Å². The van der Waals surface area contributed by atoms with Crippen LogP contribution in [0.15, 0.2) is 11.8 Å². The van der Waals surface area contributed by atoms with Gasteiger partial charge in [0.15, 0.2) is 0 Å². The number of nitrogens with two attached hydrogens (primary N) is 1. The minimum Gasteiger partial charge on any atom is -0.480 e. The van der Waals surface area contributed by atoms with E-state index in [4.69, 9.17) is 20.8 Å². The Morgan fingerprint density at radius 3 is 2.71 bits per heavy atom. The number of rotatable bonds is 4. The molecule has 0 aromatic heterocycles. The van der Waals surface area contributed by atoms with Gasteiger partial charge in [-0.25, -0.2) is 4.79 Å². The van der Waals surface area contributed by atoms with E-state index in [2.05, 4.69) is 5.48 Å². The summed E-state index contributed by atoms with van der Waals surface area (Å²) in [6.45, 7) is 0. The average molecular weight is 202 g/mol. The molecule has 14 heavy (non-hydrogen) atoms. The summed E-state index contributed by atoms with van der Waals surface area (Å²) in [4.78, 5) is 25.6. The van der Waals surface area contributed by atoms with Crippen LogP contribution in [0.25, 0.3) is 0 Å². The molecule has 0 aromatic rings. The van der Waals surface area contributed by atoms with E-state index in [9.17, 15) is 9.59 Å². The van der Waals surface area contributed by atoms with Gasteiger partial charge >= 0.3 is 11.9 Å². The van der Waals surface area contributed by atoms with E-state index in [0.717, 1.165) is 0 Å². The van der Waals surface area contributed by atoms with E-state index < -0.39 is 24.1 Å². The molecule has 1 aliphatic rings. The first-order valence-electron chi connectivity index (χ1n) is 3.86. The van der Waals surface area contributed by atoms with Crippen molar-refractivity contribution in [2.45, 2.75) is 18.6 Å². The molecule has 0 fully saturated rings. The number of hydrogen-bond donors (Lipinski definition) is 4. The van der Waals surface area contributed by atoms with Crippen LogP contribution in [0.3, 0.4) is 0 Å².